The molecule has 6 heteroatoms. The lowest BCUT2D eigenvalue weighted by molar-refractivity contribution is 0.0923. The Hall–Kier alpha value is -1.66. The number of amides is 1. The maximum absolute atomic E-state index is 12.7. The first kappa shape index (κ1) is 15.8. The van der Waals surface area contributed by atoms with Gasteiger partial charge in [-0.25, -0.2) is 4.68 Å². The molecular formula is C18H21BrN4O. The van der Waals surface area contributed by atoms with Gasteiger partial charge in [0, 0.05) is 22.6 Å². The van der Waals surface area contributed by atoms with Crippen molar-refractivity contribution in [3.05, 3.63) is 46.2 Å². The highest BCUT2D eigenvalue weighted by atomic mass is 79.9. The highest BCUT2D eigenvalue weighted by molar-refractivity contribution is 9.10. The quantitative estimate of drug-likeness (QED) is 0.849. The van der Waals surface area contributed by atoms with Gasteiger partial charge in [-0.15, -0.1) is 0 Å². The summed E-state index contributed by atoms with van der Waals surface area (Å²) in [5.41, 5.74) is 2.46. The van der Waals surface area contributed by atoms with E-state index >= 15 is 0 Å². The summed E-state index contributed by atoms with van der Waals surface area (Å²) in [5, 5.41) is 11.2. The highest BCUT2D eigenvalue weighted by Crippen LogP contribution is 2.27. The zero-order valence-electron chi connectivity index (χ0n) is 13.6. The van der Waals surface area contributed by atoms with Crippen LogP contribution in [0.4, 0.5) is 0 Å². The predicted molar refractivity (Wildman–Crippen MR) is 96.4 cm³/mol. The first-order valence-corrected chi connectivity index (χ1v) is 9.27. The maximum atomic E-state index is 12.7. The second-order valence-electron chi connectivity index (χ2n) is 6.81. The number of benzene rings is 1. The van der Waals surface area contributed by atoms with Crippen LogP contribution in [0.15, 0.2) is 34.9 Å². The Kier molecular flexibility index (Phi) is 4.18. The van der Waals surface area contributed by atoms with Gasteiger partial charge in [-0.3, -0.25) is 4.79 Å². The molecule has 3 heterocycles. The Balaban J connectivity index is 1.51. The lowest BCUT2D eigenvalue weighted by Crippen LogP contribution is -2.48. The van der Waals surface area contributed by atoms with Crippen molar-refractivity contribution in [2.75, 3.05) is 0 Å². The van der Waals surface area contributed by atoms with Crippen molar-refractivity contribution in [1.29, 1.82) is 0 Å². The standard InChI is InChI=1S/C18H21BrN4O/c1-11-17(10-20-23(11)16-4-2-3-12(19)7-16)18(24)22-15-8-13-5-6-14(9-15)21-13/h2-4,7,10,13-15,21H,5-6,8-9H2,1H3,(H,22,24). The highest BCUT2D eigenvalue weighted by Gasteiger charge is 2.34. The Bertz CT molecular complexity index is 760. The van der Waals surface area contributed by atoms with Crippen LogP contribution < -0.4 is 10.6 Å². The van der Waals surface area contributed by atoms with Gasteiger partial charge in [0.2, 0.25) is 0 Å². The van der Waals surface area contributed by atoms with Gasteiger partial charge in [0.25, 0.3) is 5.91 Å². The molecule has 0 saturated carbocycles. The number of halogens is 1. The van der Waals surface area contributed by atoms with Crippen LogP contribution in [0.5, 0.6) is 0 Å². The molecule has 2 aliphatic rings. The fourth-order valence-electron chi connectivity index (χ4n) is 3.94. The SMILES string of the molecule is Cc1c(C(=O)NC2CC3CCC(C2)N3)cnn1-c1cccc(Br)c1. The molecule has 2 atom stereocenters. The van der Waals surface area contributed by atoms with Crippen molar-refractivity contribution >= 4 is 21.8 Å². The molecule has 1 aromatic carbocycles. The van der Waals surface area contributed by atoms with Crippen molar-refractivity contribution in [3.8, 4) is 5.69 Å². The molecular weight excluding hydrogens is 368 g/mol. The van der Waals surface area contributed by atoms with Gasteiger partial charge in [-0.2, -0.15) is 5.10 Å². The Morgan fingerprint density at radius 3 is 2.79 bits per heavy atom. The maximum Gasteiger partial charge on any atom is 0.254 e. The third-order valence-electron chi connectivity index (χ3n) is 5.12. The number of piperidine rings is 1. The summed E-state index contributed by atoms with van der Waals surface area (Å²) in [4.78, 5) is 12.7. The molecule has 2 bridgehead atoms. The minimum absolute atomic E-state index is 0.0138. The first-order valence-electron chi connectivity index (χ1n) is 8.47. The third-order valence-corrected chi connectivity index (χ3v) is 5.61. The molecule has 2 aliphatic heterocycles. The van der Waals surface area contributed by atoms with Crippen LogP contribution in [-0.4, -0.2) is 33.8 Å². The fraction of sp³-hybridized carbons (Fsp3) is 0.444. The number of carbonyl (C=O) groups is 1. The topological polar surface area (TPSA) is 59.0 Å². The monoisotopic (exact) mass is 388 g/mol. The zero-order valence-corrected chi connectivity index (χ0v) is 15.2. The predicted octanol–water partition coefficient (Wildman–Crippen LogP) is 2.96. The number of nitrogens with one attached hydrogen (secondary N) is 2. The van der Waals surface area contributed by atoms with Gasteiger partial charge in [0.1, 0.15) is 0 Å². The molecule has 2 unspecified atom stereocenters. The fourth-order valence-corrected chi connectivity index (χ4v) is 4.33. The molecule has 1 amide bonds. The molecule has 5 nitrogen and oxygen atoms in total. The van der Waals surface area contributed by atoms with E-state index in [4.69, 9.17) is 0 Å². The molecule has 126 valence electrons. The molecule has 2 N–H and O–H groups in total. The van der Waals surface area contributed by atoms with Gasteiger partial charge in [0.05, 0.1) is 23.1 Å². The molecule has 2 fully saturated rings. The Morgan fingerprint density at radius 1 is 1.33 bits per heavy atom. The van der Waals surface area contributed by atoms with E-state index < -0.39 is 0 Å². The van der Waals surface area contributed by atoms with E-state index in [-0.39, 0.29) is 11.9 Å². The van der Waals surface area contributed by atoms with E-state index in [1.54, 1.807) is 6.20 Å². The summed E-state index contributed by atoms with van der Waals surface area (Å²) < 4.78 is 2.80. The normalized spacial score (nSPS) is 25.7. The summed E-state index contributed by atoms with van der Waals surface area (Å²) in [5.74, 6) is -0.0138. The van der Waals surface area contributed by atoms with Crippen molar-refractivity contribution in [2.24, 2.45) is 0 Å². The average molecular weight is 389 g/mol. The van der Waals surface area contributed by atoms with Crippen molar-refractivity contribution in [3.63, 3.8) is 0 Å². The van der Waals surface area contributed by atoms with Gasteiger partial charge in [-0.05, 0) is 50.8 Å². The number of aromatic nitrogens is 2. The second kappa shape index (κ2) is 6.33. The molecule has 2 aromatic rings. The van der Waals surface area contributed by atoms with Crippen LogP contribution >= 0.6 is 15.9 Å². The van der Waals surface area contributed by atoms with E-state index in [9.17, 15) is 4.79 Å². The van der Waals surface area contributed by atoms with Gasteiger partial charge >= 0.3 is 0 Å². The van der Waals surface area contributed by atoms with Crippen molar-refractivity contribution in [1.82, 2.24) is 20.4 Å². The largest absolute Gasteiger partial charge is 0.349 e. The van der Waals surface area contributed by atoms with E-state index in [0.29, 0.717) is 17.6 Å². The minimum atomic E-state index is -0.0138. The van der Waals surface area contributed by atoms with Crippen LogP contribution in [0.2, 0.25) is 0 Å². The van der Waals surface area contributed by atoms with E-state index in [1.807, 2.05) is 35.9 Å². The van der Waals surface area contributed by atoms with Crippen molar-refractivity contribution in [2.45, 2.75) is 50.7 Å². The molecule has 2 saturated heterocycles. The average Bonchev–Trinajstić information content (AvgIpc) is 3.10. The second-order valence-corrected chi connectivity index (χ2v) is 7.73. The van der Waals surface area contributed by atoms with Crippen molar-refractivity contribution < 1.29 is 4.79 Å². The number of hydrogen-bond acceptors (Lipinski definition) is 3. The van der Waals surface area contributed by atoms with Crippen LogP contribution in [-0.2, 0) is 0 Å². The number of nitrogens with zero attached hydrogens (tertiary/aromatic N) is 2. The Morgan fingerprint density at radius 2 is 2.08 bits per heavy atom. The van der Waals surface area contributed by atoms with E-state index in [1.165, 1.54) is 12.8 Å². The lowest BCUT2D eigenvalue weighted by atomic mass is 9.99. The van der Waals surface area contributed by atoms with Crippen LogP contribution in [0.1, 0.15) is 41.7 Å². The summed E-state index contributed by atoms with van der Waals surface area (Å²) in [6.07, 6.45) is 6.19. The third kappa shape index (κ3) is 3.00. The number of carbonyl (C=O) groups excluding carboxylic acids is 1. The molecule has 0 spiro atoms. The molecule has 24 heavy (non-hydrogen) atoms. The molecule has 0 radical (unpaired) electrons. The van der Waals surface area contributed by atoms with E-state index in [0.717, 1.165) is 28.7 Å². The number of fused-ring (bicyclic) bond motifs is 2. The minimum Gasteiger partial charge on any atom is -0.349 e. The summed E-state index contributed by atoms with van der Waals surface area (Å²) >= 11 is 3.48. The molecule has 0 aliphatic carbocycles. The number of hydrogen-bond donors (Lipinski definition) is 2. The smallest absolute Gasteiger partial charge is 0.254 e. The van der Waals surface area contributed by atoms with E-state index in [2.05, 4.69) is 31.7 Å². The first-order chi connectivity index (χ1) is 11.6. The van der Waals surface area contributed by atoms with Gasteiger partial charge in [-0.1, -0.05) is 22.0 Å². The Labute approximate surface area is 149 Å². The molecule has 1 aromatic heterocycles. The van der Waals surface area contributed by atoms with Crippen LogP contribution in [0, 0.1) is 6.92 Å². The molecule has 4 rings (SSSR count). The van der Waals surface area contributed by atoms with Gasteiger partial charge in [0.15, 0.2) is 0 Å². The van der Waals surface area contributed by atoms with Gasteiger partial charge < -0.3 is 10.6 Å². The van der Waals surface area contributed by atoms with Crippen LogP contribution in [0.3, 0.4) is 0 Å². The lowest BCUT2D eigenvalue weighted by Gasteiger charge is -2.29. The summed E-state index contributed by atoms with van der Waals surface area (Å²) in [7, 11) is 0. The summed E-state index contributed by atoms with van der Waals surface area (Å²) in [6, 6.07) is 9.32. The van der Waals surface area contributed by atoms with Crippen LogP contribution in [0.25, 0.3) is 5.69 Å². The summed E-state index contributed by atoms with van der Waals surface area (Å²) in [6.45, 7) is 1.94. The number of rotatable bonds is 3. The zero-order chi connectivity index (χ0) is 16.7.